The van der Waals surface area contributed by atoms with Gasteiger partial charge in [0.2, 0.25) is 0 Å². The van der Waals surface area contributed by atoms with Crippen molar-refractivity contribution in [1.82, 2.24) is 15.1 Å². The first-order valence-corrected chi connectivity index (χ1v) is 6.79. The molecule has 20 heavy (non-hydrogen) atoms. The summed E-state index contributed by atoms with van der Waals surface area (Å²) in [5.74, 6) is -0.920. The van der Waals surface area contributed by atoms with Gasteiger partial charge >= 0.3 is 12.1 Å². The van der Waals surface area contributed by atoms with E-state index in [2.05, 4.69) is 5.32 Å². The minimum Gasteiger partial charge on any atom is -0.480 e. The number of piperazine rings is 1. The van der Waals surface area contributed by atoms with Gasteiger partial charge in [0.15, 0.2) is 0 Å². The normalized spacial score (nSPS) is 20.0. The van der Waals surface area contributed by atoms with E-state index in [4.69, 9.17) is 5.11 Å². The number of carboxylic acids is 1. The van der Waals surface area contributed by atoms with Gasteiger partial charge in [0.25, 0.3) is 0 Å². The number of hydrogen-bond acceptors (Lipinski definition) is 4. The van der Waals surface area contributed by atoms with E-state index in [9.17, 15) is 18.0 Å². The van der Waals surface area contributed by atoms with Crippen LogP contribution in [0.3, 0.4) is 0 Å². The predicted octanol–water partition coefficient (Wildman–Crippen LogP) is 0.619. The number of rotatable bonds is 7. The van der Waals surface area contributed by atoms with Crippen LogP contribution in [-0.4, -0.2) is 78.9 Å². The molecule has 0 radical (unpaired) electrons. The number of hydrogen-bond donors (Lipinski definition) is 2. The minimum atomic E-state index is -4.17. The highest BCUT2D eigenvalue weighted by Crippen LogP contribution is 2.17. The minimum absolute atomic E-state index is 0.319. The van der Waals surface area contributed by atoms with Crippen LogP contribution in [0.4, 0.5) is 13.2 Å². The quantitative estimate of drug-likeness (QED) is 0.721. The van der Waals surface area contributed by atoms with Crippen LogP contribution < -0.4 is 5.32 Å². The molecule has 0 aromatic heterocycles. The smallest absolute Gasteiger partial charge is 0.401 e. The van der Waals surface area contributed by atoms with Crippen LogP contribution in [0.2, 0.25) is 0 Å². The van der Waals surface area contributed by atoms with E-state index in [0.29, 0.717) is 39.3 Å². The first-order chi connectivity index (χ1) is 9.31. The van der Waals surface area contributed by atoms with E-state index in [0.717, 1.165) is 6.42 Å². The summed E-state index contributed by atoms with van der Waals surface area (Å²) >= 11 is 0. The van der Waals surface area contributed by atoms with Crippen LogP contribution >= 0.6 is 0 Å². The fourth-order valence-corrected chi connectivity index (χ4v) is 2.19. The summed E-state index contributed by atoms with van der Waals surface area (Å²) in [6, 6.07) is -0.663. The summed E-state index contributed by atoms with van der Waals surface area (Å²) in [4.78, 5) is 14.3. The molecule has 118 valence electrons. The highest BCUT2D eigenvalue weighted by Gasteiger charge is 2.32. The van der Waals surface area contributed by atoms with Gasteiger partial charge in [-0.05, 0) is 13.0 Å². The molecular formula is C12H22F3N3O2. The molecule has 2 N–H and O–H groups in total. The second kappa shape index (κ2) is 7.80. The number of aliphatic carboxylic acids is 1. The molecule has 0 saturated carbocycles. The van der Waals surface area contributed by atoms with Crippen molar-refractivity contribution < 1.29 is 23.1 Å². The average Bonchev–Trinajstić information content (AvgIpc) is 2.34. The molecule has 1 saturated heterocycles. The molecule has 1 aliphatic rings. The van der Waals surface area contributed by atoms with Crippen molar-refractivity contribution >= 4 is 5.97 Å². The van der Waals surface area contributed by atoms with Crippen LogP contribution in [0.15, 0.2) is 0 Å². The molecule has 5 nitrogen and oxygen atoms in total. The maximum atomic E-state index is 12.2. The summed E-state index contributed by atoms with van der Waals surface area (Å²) in [6.07, 6.45) is -3.34. The van der Waals surface area contributed by atoms with Gasteiger partial charge in [0, 0.05) is 32.7 Å². The number of nitrogens with zero attached hydrogens (tertiary/aromatic N) is 2. The molecule has 1 fully saturated rings. The zero-order valence-corrected chi connectivity index (χ0v) is 11.6. The molecule has 1 rings (SSSR count). The molecule has 0 bridgehead atoms. The molecule has 0 aromatic rings. The van der Waals surface area contributed by atoms with Crippen molar-refractivity contribution in [3.8, 4) is 0 Å². The van der Waals surface area contributed by atoms with Gasteiger partial charge in [-0.15, -0.1) is 0 Å². The standard InChI is InChI=1S/C12H22F3N3O2/c1-2-3-16-10(11(19)20)8-17-4-6-18(7-5-17)9-12(13,14)15/h10,16H,2-9H2,1H3,(H,19,20). The maximum absolute atomic E-state index is 12.2. The fourth-order valence-electron chi connectivity index (χ4n) is 2.19. The van der Waals surface area contributed by atoms with Gasteiger partial charge in [-0.3, -0.25) is 14.6 Å². The monoisotopic (exact) mass is 297 g/mol. The number of carbonyl (C=O) groups is 1. The van der Waals surface area contributed by atoms with Gasteiger partial charge in [-0.25, -0.2) is 0 Å². The number of carboxylic acid groups (broad SMARTS) is 1. The molecule has 0 aromatic carbocycles. The van der Waals surface area contributed by atoms with E-state index < -0.39 is 24.7 Å². The third kappa shape index (κ3) is 6.53. The Morgan fingerprint density at radius 3 is 2.25 bits per heavy atom. The summed E-state index contributed by atoms with van der Waals surface area (Å²) in [5.41, 5.74) is 0. The lowest BCUT2D eigenvalue weighted by atomic mass is 10.2. The summed E-state index contributed by atoms with van der Waals surface area (Å²) in [5, 5.41) is 12.0. The van der Waals surface area contributed by atoms with Gasteiger partial charge in [-0.1, -0.05) is 6.92 Å². The Kier molecular flexibility index (Phi) is 6.70. The molecule has 8 heteroatoms. The van der Waals surface area contributed by atoms with Crippen molar-refractivity contribution in [2.45, 2.75) is 25.6 Å². The summed E-state index contributed by atoms with van der Waals surface area (Å²) in [7, 11) is 0. The highest BCUT2D eigenvalue weighted by atomic mass is 19.4. The van der Waals surface area contributed by atoms with Crippen molar-refractivity contribution in [2.75, 3.05) is 45.8 Å². The van der Waals surface area contributed by atoms with E-state index in [1.165, 1.54) is 4.90 Å². The average molecular weight is 297 g/mol. The maximum Gasteiger partial charge on any atom is 0.401 e. The number of nitrogens with one attached hydrogen (secondary N) is 1. The lowest BCUT2D eigenvalue weighted by Gasteiger charge is -2.36. The van der Waals surface area contributed by atoms with Crippen molar-refractivity contribution in [2.24, 2.45) is 0 Å². The number of halogens is 3. The van der Waals surface area contributed by atoms with Crippen LogP contribution in [0.1, 0.15) is 13.3 Å². The molecule has 1 atom stereocenters. The molecule has 1 heterocycles. The molecule has 1 aliphatic heterocycles. The molecule has 0 amide bonds. The second-order valence-electron chi connectivity index (χ2n) is 5.04. The lowest BCUT2D eigenvalue weighted by molar-refractivity contribution is -0.149. The SMILES string of the molecule is CCCNC(CN1CCN(CC(F)(F)F)CC1)C(=O)O. The van der Waals surface area contributed by atoms with E-state index in [1.54, 1.807) is 0 Å². The lowest BCUT2D eigenvalue weighted by Crippen LogP contribution is -2.54. The predicted molar refractivity (Wildman–Crippen MR) is 68.7 cm³/mol. The van der Waals surface area contributed by atoms with Gasteiger partial charge in [0.05, 0.1) is 6.54 Å². The fraction of sp³-hybridized carbons (Fsp3) is 0.917. The highest BCUT2D eigenvalue weighted by molar-refractivity contribution is 5.73. The van der Waals surface area contributed by atoms with Crippen molar-refractivity contribution in [1.29, 1.82) is 0 Å². The first-order valence-electron chi connectivity index (χ1n) is 6.79. The molecular weight excluding hydrogens is 275 g/mol. The van der Waals surface area contributed by atoms with E-state index in [-0.39, 0.29) is 0 Å². The first kappa shape index (κ1) is 17.2. The summed E-state index contributed by atoms with van der Waals surface area (Å²) in [6.45, 7) is 3.57. The largest absolute Gasteiger partial charge is 0.480 e. The Balaban J connectivity index is 2.35. The van der Waals surface area contributed by atoms with Crippen LogP contribution in [-0.2, 0) is 4.79 Å². The van der Waals surface area contributed by atoms with E-state index >= 15 is 0 Å². The summed E-state index contributed by atoms with van der Waals surface area (Å²) < 4.78 is 36.7. The van der Waals surface area contributed by atoms with Gasteiger partial charge < -0.3 is 10.4 Å². The Bertz CT molecular complexity index is 305. The Labute approximate surface area is 116 Å². The van der Waals surface area contributed by atoms with Crippen LogP contribution in [0.5, 0.6) is 0 Å². The van der Waals surface area contributed by atoms with Crippen LogP contribution in [0.25, 0.3) is 0 Å². The second-order valence-corrected chi connectivity index (χ2v) is 5.04. The van der Waals surface area contributed by atoms with Crippen molar-refractivity contribution in [3.05, 3.63) is 0 Å². The third-order valence-electron chi connectivity index (χ3n) is 3.25. The molecule has 1 unspecified atom stereocenters. The van der Waals surface area contributed by atoms with Crippen LogP contribution in [0, 0.1) is 0 Å². The van der Waals surface area contributed by atoms with Gasteiger partial charge in [0.1, 0.15) is 6.04 Å². The Hall–Kier alpha value is -0.860. The van der Waals surface area contributed by atoms with Gasteiger partial charge in [-0.2, -0.15) is 13.2 Å². The molecule has 0 spiro atoms. The Morgan fingerprint density at radius 2 is 1.80 bits per heavy atom. The topological polar surface area (TPSA) is 55.8 Å². The van der Waals surface area contributed by atoms with E-state index in [1.807, 2.05) is 11.8 Å². The molecule has 0 aliphatic carbocycles. The zero-order valence-electron chi connectivity index (χ0n) is 11.6. The Morgan fingerprint density at radius 1 is 1.25 bits per heavy atom. The third-order valence-corrected chi connectivity index (χ3v) is 3.25. The zero-order chi connectivity index (χ0) is 15.2. The number of alkyl halides is 3. The van der Waals surface area contributed by atoms with Crippen molar-refractivity contribution in [3.63, 3.8) is 0 Å².